The molecule has 0 spiro atoms. The minimum absolute atomic E-state index is 0.949. The minimum atomic E-state index is 0.949. The van der Waals surface area contributed by atoms with Gasteiger partial charge in [0, 0.05) is 66.5 Å². The summed E-state index contributed by atoms with van der Waals surface area (Å²) in [4.78, 5) is 4.61. The van der Waals surface area contributed by atoms with Crippen LogP contribution in [0, 0.1) is 0 Å². The van der Waals surface area contributed by atoms with Crippen molar-refractivity contribution in [3.63, 3.8) is 0 Å². The standard InChI is InChI=1S/C61H46N6/c1-4-14-54-44(5-2)45-17-6-9-20-55(45)65(54)41-25-27-58-52(33-41)50-31-39-23-24-40-32-51-53-34-42(66-56-21-10-7-18-46(56)47-19-8-11-22-57(47)66)26-28-59(53)67(43-16-13-30-63-37-43)61(51)36-49(40)48(39)35-60(50)64(58)38(3)15-12-29-62/h4-22,25-37H,2,23-24,62H2,1,3H3/b14-4-,29-12-,38-15+. The van der Waals surface area contributed by atoms with Gasteiger partial charge < -0.3 is 24.0 Å². The lowest BCUT2D eigenvalue weighted by molar-refractivity contribution is 0.946. The Labute approximate surface area is 387 Å². The number of aromatic nitrogens is 5. The molecule has 5 aromatic heterocycles. The summed E-state index contributed by atoms with van der Waals surface area (Å²) in [7, 11) is 0. The van der Waals surface area contributed by atoms with Crippen LogP contribution in [-0.2, 0) is 12.8 Å². The summed E-state index contributed by atoms with van der Waals surface area (Å²) in [6.45, 7) is 8.47. The quantitative estimate of drug-likeness (QED) is 0.162. The van der Waals surface area contributed by atoms with Crippen LogP contribution in [0.15, 0.2) is 189 Å². The molecule has 0 atom stereocenters. The van der Waals surface area contributed by atoms with Gasteiger partial charge in [0.05, 0.1) is 56.2 Å². The molecule has 0 unspecified atom stereocenters. The fourth-order valence-corrected chi connectivity index (χ4v) is 11.4. The first-order chi connectivity index (χ1) is 33.0. The van der Waals surface area contributed by atoms with Crippen LogP contribution in [0.2, 0.25) is 0 Å². The SMILES string of the molecule is C=Cc1c(/C=C\C)n(-c2ccc3c(c2)c2cc4c(cc2n3/C(C)=C/C=C\N)-c2cc3c(cc2CC4)c2cc(-n4c5ccccc5c5ccccc54)ccc2n3-c2cccnc2)c2ccccc12. The number of rotatable bonds is 7. The van der Waals surface area contributed by atoms with E-state index in [1.807, 2.05) is 30.6 Å². The Balaban J connectivity index is 1.05. The van der Waals surface area contributed by atoms with E-state index in [9.17, 15) is 0 Å². The molecule has 5 heterocycles. The molecule has 1 aliphatic rings. The predicted molar refractivity (Wildman–Crippen MR) is 284 cm³/mol. The van der Waals surface area contributed by atoms with E-state index < -0.39 is 0 Å². The molecule has 0 radical (unpaired) electrons. The zero-order chi connectivity index (χ0) is 44.9. The molecular formula is C61H46N6. The molecule has 2 N–H and O–H groups in total. The van der Waals surface area contributed by atoms with Crippen molar-refractivity contribution >= 4 is 94.2 Å². The van der Waals surface area contributed by atoms with Gasteiger partial charge in [0.15, 0.2) is 0 Å². The second-order valence-corrected chi connectivity index (χ2v) is 17.8. The molecule has 6 nitrogen and oxygen atoms in total. The lowest BCUT2D eigenvalue weighted by atomic mass is 9.84. The number of hydrogen-bond donors (Lipinski definition) is 1. The van der Waals surface area contributed by atoms with Crippen LogP contribution in [0.1, 0.15) is 36.2 Å². The Kier molecular flexibility index (Phi) is 8.68. The van der Waals surface area contributed by atoms with Crippen molar-refractivity contribution in [2.75, 3.05) is 0 Å². The molecule has 0 saturated heterocycles. The van der Waals surface area contributed by atoms with Crippen molar-refractivity contribution in [3.8, 4) is 28.2 Å². The number of benzene rings is 7. The van der Waals surface area contributed by atoms with Crippen LogP contribution in [0.25, 0.3) is 122 Å². The molecule has 0 fully saturated rings. The van der Waals surface area contributed by atoms with Gasteiger partial charge in [0.25, 0.3) is 0 Å². The third-order valence-corrected chi connectivity index (χ3v) is 14.2. The lowest BCUT2D eigenvalue weighted by Gasteiger charge is -2.21. The second kappa shape index (κ2) is 15.0. The Morgan fingerprint density at radius 3 is 1.75 bits per heavy atom. The van der Waals surface area contributed by atoms with Crippen LogP contribution < -0.4 is 5.73 Å². The normalized spacial score (nSPS) is 13.2. The maximum Gasteiger partial charge on any atom is 0.0645 e. The molecule has 0 saturated carbocycles. The third-order valence-electron chi connectivity index (χ3n) is 14.2. The van der Waals surface area contributed by atoms with Gasteiger partial charge in [-0.15, -0.1) is 0 Å². The van der Waals surface area contributed by atoms with E-state index in [2.05, 4.69) is 201 Å². The zero-order valence-corrected chi connectivity index (χ0v) is 37.4. The number of nitrogens with two attached hydrogens (primary N) is 1. The maximum atomic E-state index is 5.93. The predicted octanol–water partition coefficient (Wildman–Crippen LogP) is 15.1. The first-order valence-electron chi connectivity index (χ1n) is 23.1. The van der Waals surface area contributed by atoms with E-state index in [1.165, 1.54) is 76.5 Å². The average molecular weight is 863 g/mol. The number of aryl methyl sites for hydroxylation is 2. The first kappa shape index (κ1) is 38.8. The molecule has 0 aliphatic heterocycles. The highest BCUT2D eigenvalue weighted by Crippen LogP contribution is 2.45. The average Bonchev–Trinajstić information content (AvgIpc) is 4.08. The van der Waals surface area contributed by atoms with Gasteiger partial charge >= 0.3 is 0 Å². The summed E-state index contributed by atoms with van der Waals surface area (Å²) in [6, 6.07) is 54.0. The van der Waals surface area contributed by atoms with Crippen LogP contribution in [0.4, 0.5) is 0 Å². The molecule has 0 amide bonds. The summed E-state index contributed by atoms with van der Waals surface area (Å²) in [5, 5.41) is 8.62. The van der Waals surface area contributed by atoms with Gasteiger partial charge in [-0.2, -0.15) is 0 Å². The van der Waals surface area contributed by atoms with Crippen LogP contribution in [0.3, 0.4) is 0 Å². The van der Waals surface area contributed by atoms with Crippen molar-refractivity contribution in [1.29, 1.82) is 0 Å². The van der Waals surface area contributed by atoms with E-state index in [1.54, 1.807) is 6.20 Å². The molecule has 13 rings (SSSR count). The first-order valence-corrected chi connectivity index (χ1v) is 23.1. The molecule has 67 heavy (non-hydrogen) atoms. The number of pyridine rings is 1. The summed E-state index contributed by atoms with van der Waals surface area (Å²) in [5.41, 5.74) is 26.1. The number of hydrogen-bond acceptors (Lipinski definition) is 2. The highest BCUT2D eigenvalue weighted by Gasteiger charge is 2.25. The summed E-state index contributed by atoms with van der Waals surface area (Å²) < 4.78 is 9.59. The maximum absolute atomic E-state index is 5.93. The Bertz CT molecular complexity index is 4090. The van der Waals surface area contributed by atoms with Crippen molar-refractivity contribution in [3.05, 3.63) is 211 Å². The molecule has 12 aromatic rings. The molecule has 1 aliphatic carbocycles. The van der Waals surface area contributed by atoms with E-state index in [0.717, 1.165) is 68.9 Å². The number of fused-ring (bicyclic) bond motifs is 13. The van der Waals surface area contributed by atoms with Crippen molar-refractivity contribution < 1.29 is 0 Å². The fraction of sp³-hybridized carbons (Fsp3) is 0.0656. The topological polar surface area (TPSA) is 58.6 Å². The van der Waals surface area contributed by atoms with Crippen LogP contribution in [-0.4, -0.2) is 23.3 Å². The van der Waals surface area contributed by atoms with Gasteiger partial charge in [0.2, 0.25) is 0 Å². The highest BCUT2D eigenvalue weighted by atomic mass is 15.0. The molecule has 6 heteroatoms. The van der Waals surface area contributed by atoms with Gasteiger partial charge in [-0.1, -0.05) is 73.3 Å². The zero-order valence-electron chi connectivity index (χ0n) is 37.4. The molecular weight excluding hydrogens is 817 g/mol. The van der Waals surface area contributed by atoms with Crippen LogP contribution >= 0.6 is 0 Å². The van der Waals surface area contributed by atoms with Crippen molar-refractivity contribution in [2.45, 2.75) is 26.7 Å². The summed E-state index contributed by atoms with van der Waals surface area (Å²) in [5.74, 6) is 0. The van der Waals surface area contributed by atoms with E-state index in [4.69, 9.17) is 5.73 Å². The minimum Gasteiger partial charge on any atom is -0.405 e. The number of para-hydroxylation sites is 3. The van der Waals surface area contributed by atoms with E-state index in [0.29, 0.717) is 0 Å². The van der Waals surface area contributed by atoms with E-state index >= 15 is 0 Å². The largest absolute Gasteiger partial charge is 0.405 e. The van der Waals surface area contributed by atoms with Gasteiger partial charge in [0.1, 0.15) is 0 Å². The summed E-state index contributed by atoms with van der Waals surface area (Å²) >= 11 is 0. The van der Waals surface area contributed by atoms with Crippen molar-refractivity contribution in [1.82, 2.24) is 23.3 Å². The Hall–Kier alpha value is -8.61. The monoisotopic (exact) mass is 862 g/mol. The van der Waals surface area contributed by atoms with E-state index in [-0.39, 0.29) is 0 Å². The van der Waals surface area contributed by atoms with Crippen molar-refractivity contribution in [2.24, 2.45) is 5.73 Å². The Morgan fingerprint density at radius 2 is 1.10 bits per heavy atom. The lowest BCUT2D eigenvalue weighted by Crippen LogP contribution is -2.05. The second-order valence-electron chi connectivity index (χ2n) is 17.8. The smallest absolute Gasteiger partial charge is 0.0645 e. The molecule has 0 bridgehead atoms. The number of nitrogens with zero attached hydrogens (tertiary/aromatic N) is 5. The molecule has 320 valence electrons. The highest BCUT2D eigenvalue weighted by molar-refractivity contribution is 6.15. The number of allylic oxidation sites excluding steroid dienone is 4. The van der Waals surface area contributed by atoms with Crippen LogP contribution in [0.5, 0.6) is 0 Å². The molecule has 7 aromatic carbocycles. The third kappa shape index (κ3) is 5.66. The van der Waals surface area contributed by atoms with Gasteiger partial charge in [-0.05, 0) is 164 Å². The van der Waals surface area contributed by atoms with Gasteiger partial charge in [-0.25, -0.2) is 0 Å². The van der Waals surface area contributed by atoms with Gasteiger partial charge in [-0.3, -0.25) is 4.98 Å². The summed E-state index contributed by atoms with van der Waals surface area (Å²) in [6.07, 6.45) is 17.6. The fourth-order valence-electron chi connectivity index (χ4n) is 11.4. The Morgan fingerprint density at radius 1 is 0.552 bits per heavy atom.